The van der Waals surface area contributed by atoms with Crippen LogP contribution in [0.5, 0.6) is 0 Å². The molecule has 3 nitrogen and oxygen atoms in total. The molecule has 0 amide bonds. The van der Waals surface area contributed by atoms with E-state index in [4.69, 9.17) is 0 Å². The minimum atomic E-state index is 0.339. The van der Waals surface area contributed by atoms with Crippen LogP contribution in [0.15, 0.2) is 0 Å². The van der Waals surface area contributed by atoms with Gasteiger partial charge < -0.3 is 10.0 Å². The molecule has 94 valence electrons. The summed E-state index contributed by atoms with van der Waals surface area (Å²) in [4.78, 5) is 5.21. The predicted octanol–water partition coefficient (Wildman–Crippen LogP) is 1.32. The maximum atomic E-state index is 9.19. The lowest BCUT2D eigenvalue weighted by molar-refractivity contribution is 0.0321. The quantitative estimate of drug-likeness (QED) is 0.783. The highest BCUT2D eigenvalue weighted by Crippen LogP contribution is 2.27. The third kappa shape index (κ3) is 2.76. The maximum absolute atomic E-state index is 9.19. The number of hydrogen-bond acceptors (Lipinski definition) is 3. The Bertz CT molecular complexity index is 204. The molecule has 0 bridgehead atoms. The Morgan fingerprint density at radius 2 is 1.94 bits per heavy atom. The number of aliphatic hydroxyl groups is 1. The average Bonchev–Trinajstić information content (AvgIpc) is 2.83. The molecule has 0 radical (unpaired) electrons. The molecule has 3 heteroatoms. The van der Waals surface area contributed by atoms with Crippen LogP contribution in [0.3, 0.4) is 0 Å². The Hall–Kier alpha value is -0.120. The average molecular weight is 226 g/mol. The summed E-state index contributed by atoms with van der Waals surface area (Å²) < 4.78 is 0. The Morgan fingerprint density at radius 1 is 1.19 bits per heavy atom. The summed E-state index contributed by atoms with van der Waals surface area (Å²) >= 11 is 0. The third-order valence-corrected chi connectivity index (χ3v) is 4.32. The van der Waals surface area contributed by atoms with Gasteiger partial charge in [-0.25, -0.2) is 0 Å². The van der Waals surface area contributed by atoms with Crippen molar-refractivity contribution < 1.29 is 5.11 Å². The molecule has 0 aromatic heterocycles. The summed E-state index contributed by atoms with van der Waals surface area (Å²) in [6, 6.07) is 1.41. The topological polar surface area (TPSA) is 26.7 Å². The lowest BCUT2D eigenvalue weighted by Gasteiger charge is -2.44. The maximum Gasteiger partial charge on any atom is 0.0446 e. The van der Waals surface area contributed by atoms with Crippen molar-refractivity contribution in [2.45, 2.75) is 51.1 Å². The van der Waals surface area contributed by atoms with Crippen LogP contribution >= 0.6 is 0 Å². The van der Waals surface area contributed by atoms with Gasteiger partial charge in [0.25, 0.3) is 0 Å². The molecule has 1 aliphatic carbocycles. The molecule has 1 heterocycles. The highest BCUT2D eigenvalue weighted by Gasteiger charge is 2.32. The number of rotatable bonds is 4. The summed E-state index contributed by atoms with van der Waals surface area (Å²) in [6.45, 7) is 7.32. The van der Waals surface area contributed by atoms with Crippen LogP contribution in [0.4, 0.5) is 0 Å². The predicted molar refractivity (Wildman–Crippen MR) is 66.6 cm³/mol. The zero-order chi connectivity index (χ0) is 11.4. The van der Waals surface area contributed by atoms with Crippen molar-refractivity contribution in [2.24, 2.45) is 0 Å². The molecule has 1 N–H and O–H groups in total. The van der Waals surface area contributed by atoms with Gasteiger partial charge >= 0.3 is 0 Å². The Labute approximate surface area is 99.4 Å². The zero-order valence-electron chi connectivity index (χ0n) is 10.6. The van der Waals surface area contributed by atoms with Crippen LogP contribution in [0.25, 0.3) is 0 Å². The second kappa shape index (κ2) is 5.99. The van der Waals surface area contributed by atoms with Crippen molar-refractivity contribution in [3.05, 3.63) is 0 Å². The Balaban J connectivity index is 1.93. The lowest BCUT2D eigenvalue weighted by Crippen LogP contribution is -2.56. The van der Waals surface area contributed by atoms with E-state index in [0.717, 1.165) is 25.6 Å². The summed E-state index contributed by atoms with van der Waals surface area (Å²) in [5.74, 6) is 0. The van der Waals surface area contributed by atoms with Crippen molar-refractivity contribution in [1.82, 2.24) is 9.80 Å². The zero-order valence-corrected chi connectivity index (χ0v) is 10.6. The monoisotopic (exact) mass is 226 g/mol. The van der Waals surface area contributed by atoms with Crippen LogP contribution in [0.1, 0.15) is 39.0 Å². The van der Waals surface area contributed by atoms with Crippen LogP contribution < -0.4 is 0 Å². The lowest BCUT2D eigenvalue weighted by atomic mass is 10.0. The number of likely N-dealkylation sites (N-methyl/N-ethyl adjacent to an activating group) is 1. The fraction of sp³-hybridized carbons (Fsp3) is 1.00. The molecule has 2 rings (SSSR count). The van der Waals surface area contributed by atoms with Crippen molar-refractivity contribution >= 4 is 0 Å². The smallest absolute Gasteiger partial charge is 0.0446 e. The van der Waals surface area contributed by atoms with Gasteiger partial charge in [-0.1, -0.05) is 19.8 Å². The highest BCUT2D eigenvalue weighted by atomic mass is 16.3. The molecule has 0 aromatic carbocycles. The first-order valence-corrected chi connectivity index (χ1v) is 6.94. The van der Waals surface area contributed by atoms with E-state index in [-0.39, 0.29) is 0 Å². The SMILES string of the molecule is CCN1CCN(C2CCCC2)[C@H](CCO)C1. The molecule has 16 heavy (non-hydrogen) atoms. The van der Waals surface area contributed by atoms with Gasteiger partial charge in [0.1, 0.15) is 0 Å². The van der Waals surface area contributed by atoms with E-state index in [2.05, 4.69) is 16.7 Å². The Kier molecular flexibility index (Phi) is 4.62. The first-order chi connectivity index (χ1) is 7.85. The summed E-state index contributed by atoms with van der Waals surface area (Å²) in [5.41, 5.74) is 0. The molecule has 1 saturated carbocycles. The molecular weight excluding hydrogens is 200 g/mol. The van der Waals surface area contributed by atoms with Crippen LogP contribution in [-0.4, -0.2) is 59.8 Å². The van der Waals surface area contributed by atoms with Crippen molar-refractivity contribution in [1.29, 1.82) is 0 Å². The molecule has 0 spiro atoms. The number of hydrogen-bond donors (Lipinski definition) is 1. The van der Waals surface area contributed by atoms with Gasteiger partial charge in [0.05, 0.1) is 0 Å². The van der Waals surface area contributed by atoms with Gasteiger partial charge in [0.2, 0.25) is 0 Å². The number of nitrogens with zero attached hydrogens (tertiary/aromatic N) is 2. The van der Waals surface area contributed by atoms with E-state index in [1.807, 2.05) is 0 Å². The standard InChI is InChI=1S/C13H26N2O/c1-2-14-8-9-15(12-5-3-4-6-12)13(11-14)7-10-16/h12-13,16H,2-11H2,1H3/t13-/m1/s1. The van der Waals surface area contributed by atoms with E-state index in [1.165, 1.54) is 38.8 Å². The number of aliphatic hydroxyl groups excluding tert-OH is 1. The summed E-state index contributed by atoms with van der Waals surface area (Å²) in [7, 11) is 0. The Morgan fingerprint density at radius 3 is 2.56 bits per heavy atom. The summed E-state index contributed by atoms with van der Waals surface area (Å²) in [6.07, 6.45) is 6.53. The number of piperazine rings is 1. The van der Waals surface area contributed by atoms with Crippen molar-refractivity contribution in [2.75, 3.05) is 32.8 Å². The molecule has 1 atom stereocenters. The van der Waals surface area contributed by atoms with E-state index in [9.17, 15) is 5.11 Å². The highest BCUT2D eigenvalue weighted by molar-refractivity contribution is 4.88. The van der Waals surface area contributed by atoms with Crippen LogP contribution in [0.2, 0.25) is 0 Å². The van der Waals surface area contributed by atoms with Crippen molar-refractivity contribution in [3.8, 4) is 0 Å². The van der Waals surface area contributed by atoms with Gasteiger partial charge in [-0.2, -0.15) is 0 Å². The molecule has 1 aliphatic heterocycles. The van der Waals surface area contributed by atoms with Gasteiger partial charge in [-0.15, -0.1) is 0 Å². The van der Waals surface area contributed by atoms with Gasteiger partial charge in [0.15, 0.2) is 0 Å². The molecular formula is C13H26N2O. The minimum Gasteiger partial charge on any atom is -0.396 e. The van der Waals surface area contributed by atoms with E-state index in [1.54, 1.807) is 0 Å². The van der Waals surface area contributed by atoms with Crippen molar-refractivity contribution in [3.63, 3.8) is 0 Å². The second-order valence-corrected chi connectivity index (χ2v) is 5.24. The molecule has 1 saturated heterocycles. The summed E-state index contributed by atoms with van der Waals surface area (Å²) in [5, 5.41) is 9.19. The van der Waals surface area contributed by atoms with Crippen LogP contribution in [-0.2, 0) is 0 Å². The molecule has 0 unspecified atom stereocenters. The molecule has 2 aliphatic rings. The van der Waals surface area contributed by atoms with E-state index >= 15 is 0 Å². The first kappa shape index (κ1) is 12.3. The fourth-order valence-corrected chi connectivity index (χ4v) is 3.34. The van der Waals surface area contributed by atoms with Crippen LogP contribution in [0, 0.1) is 0 Å². The minimum absolute atomic E-state index is 0.339. The van der Waals surface area contributed by atoms with E-state index < -0.39 is 0 Å². The fourth-order valence-electron chi connectivity index (χ4n) is 3.34. The first-order valence-electron chi connectivity index (χ1n) is 6.94. The molecule has 2 fully saturated rings. The third-order valence-electron chi connectivity index (χ3n) is 4.32. The van der Waals surface area contributed by atoms with Gasteiger partial charge in [0, 0.05) is 38.3 Å². The normalized spacial score (nSPS) is 30.0. The van der Waals surface area contributed by atoms with Gasteiger partial charge in [-0.05, 0) is 25.8 Å². The molecule has 0 aromatic rings. The van der Waals surface area contributed by atoms with E-state index in [0.29, 0.717) is 12.6 Å². The second-order valence-electron chi connectivity index (χ2n) is 5.24. The largest absolute Gasteiger partial charge is 0.396 e. The van der Waals surface area contributed by atoms with Gasteiger partial charge in [-0.3, -0.25) is 4.90 Å².